The zero-order chi connectivity index (χ0) is 17.3. The molecule has 0 aromatic carbocycles. The second-order valence-electron chi connectivity index (χ2n) is 8.67. The summed E-state index contributed by atoms with van der Waals surface area (Å²) in [6, 6.07) is 0.186. The molecule has 1 aliphatic rings. The van der Waals surface area contributed by atoms with Gasteiger partial charge in [0, 0.05) is 12.6 Å². The third-order valence-electron chi connectivity index (χ3n) is 4.89. The molecule has 0 N–H and O–H groups in total. The fraction of sp³-hybridized carbons (Fsp3) is 0.889. The van der Waals surface area contributed by atoms with Crippen LogP contribution in [-0.4, -0.2) is 36.5 Å². The maximum absolute atomic E-state index is 13.1. The Bertz CT molecular complexity index is 421. The molecule has 22 heavy (non-hydrogen) atoms. The molecule has 0 saturated carbocycles. The van der Waals surface area contributed by atoms with Gasteiger partial charge in [0.25, 0.3) is 0 Å². The van der Waals surface area contributed by atoms with Gasteiger partial charge in [-0.25, -0.2) is 0 Å². The molecule has 1 heterocycles. The summed E-state index contributed by atoms with van der Waals surface area (Å²) in [5, 5.41) is 0. The maximum atomic E-state index is 13.1. The minimum atomic E-state index is -0.308. The van der Waals surface area contributed by atoms with Crippen LogP contribution in [-0.2, 0) is 14.3 Å². The lowest BCUT2D eigenvalue weighted by atomic mass is 9.71. The number of nitrogens with zero attached hydrogens (tertiary/aromatic N) is 1. The number of rotatable bonds is 4. The van der Waals surface area contributed by atoms with Crippen molar-refractivity contribution in [2.75, 3.05) is 13.7 Å². The Kier molecular flexibility index (Phi) is 5.69. The van der Waals surface area contributed by atoms with Crippen LogP contribution in [0.5, 0.6) is 0 Å². The molecular formula is C18H33NO3. The molecule has 0 aromatic rings. The van der Waals surface area contributed by atoms with E-state index in [4.69, 9.17) is 4.74 Å². The van der Waals surface area contributed by atoms with Crippen molar-refractivity contribution in [2.45, 2.75) is 67.3 Å². The number of amides is 1. The molecule has 0 aliphatic carbocycles. The molecule has 0 radical (unpaired) electrons. The van der Waals surface area contributed by atoms with Gasteiger partial charge in [-0.3, -0.25) is 9.59 Å². The van der Waals surface area contributed by atoms with Gasteiger partial charge in [0.05, 0.1) is 19.4 Å². The van der Waals surface area contributed by atoms with Gasteiger partial charge >= 0.3 is 5.97 Å². The van der Waals surface area contributed by atoms with Gasteiger partial charge in [0.2, 0.25) is 5.91 Å². The third-order valence-corrected chi connectivity index (χ3v) is 4.89. The SMILES string of the molecule is COC(=O)C[C@H](C(=O)N1CCC(C)(C)C1C(C)(C)C)C(C)C. The first kappa shape index (κ1) is 19.0. The van der Waals surface area contributed by atoms with Gasteiger partial charge in [0.15, 0.2) is 0 Å². The van der Waals surface area contributed by atoms with E-state index < -0.39 is 0 Å². The number of carbonyl (C=O) groups excluding carboxylic acids is 2. The average Bonchev–Trinajstić information content (AvgIpc) is 2.69. The van der Waals surface area contributed by atoms with Gasteiger partial charge in [-0.2, -0.15) is 0 Å². The van der Waals surface area contributed by atoms with Gasteiger partial charge in [0.1, 0.15) is 0 Å². The van der Waals surface area contributed by atoms with Crippen LogP contribution in [0.4, 0.5) is 0 Å². The van der Waals surface area contributed by atoms with E-state index >= 15 is 0 Å². The molecule has 0 bridgehead atoms. The Balaban J connectivity index is 3.05. The summed E-state index contributed by atoms with van der Waals surface area (Å²) in [5.41, 5.74) is 0.114. The van der Waals surface area contributed by atoms with Gasteiger partial charge < -0.3 is 9.64 Å². The minimum Gasteiger partial charge on any atom is -0.469 e. The van der Waals surface area contributed by atoms with Crippen LogP contribution < -0.4 is 0 Å². The highest BCUT2D eigenvalue weighted by Crippen LogP contribution is 2.46. The van der Waals surface area contributed by atoms with Crippen LogP contribution in [0, 0.1) is 22.7 Å². The Morgan fingerprint density at radius 2 is 1.82 bits per heavy atom. The molecule has 1 unspecified atom stereocenters. The topological polar surface area (TPSA) is 46.6 Å². The lowest BCUT2D eigenvalue weighted by Crippen LogP contribution is -2.51. The number of carbonyl (C=O) groups is 2. The first-order valence-electron chi connectivity index (χ1n) is 8.29. The van der Waals surface area contributed by atoms with Crippen LogP contribution in [0.15, 0.2) is 0 Å². The fourth-order valence-electron chi connectivity index (χ4n) is 4.06. The van der Waals surface area contributed by atoms with E-state index in [2.05, 4.69) is 34.6 Å². The first-order valence-corrected chi connectivity index (χ1v) is 8.29. The first-order chi connectivity index (χ1) is 9.91. The van der Waals surface area contributed by atoms with Crippen molar-refractivity contribution < 1.29 is 14.3 Å². The minimum absolute atomic E-state index is 0.0163. The smallest absolute Gasteiger partial charge is 0.306 e. The number of hydrogen-bond acceptors (Lipinski definition) is 3. The van der Waals surface area contributed by atoms with Gasteiger partial charge in [-0.05, 0) is 23.2 Å². The molecule has 0 aromatic heterocycles. The summed E-state index contributed by atoms with van der Waals surface area (Å²) in [6.07, 6.45) is 1.17. The number of methoxy groups -OCH3 is 1. The van der Waals surface area contributed by atoms with E-state index in [0.717, 1.165) is 13.0 Å². The highest BCUT2D eigenvalue weighted by molar-refractivity contribution is 5.84. The predicted octanol–water partition coefficient (Wildman–Crippen LogP) is 3.49. The lowest BCUT2D eigenvalue weighted by molar-refractivity contribution is -0.150. The molecule has 0 spiro atoms. The van der Waals surface area contributed by atoms with Crippen LogP contribution in [0.1, 0.15) is 61.3 Å². The van der Waals surface area contributed by atoms with E-state index in [1.807, 2.05) is 18.7 Å². The molecule has 1 fully saturated rings. The fourth-order valence-corrected chi connectivity index (χ4v) is 4.06. The highest BCUT2D eigenvalue weighted by atomic mass is 16.5. The Hall–Kier alpha value is -1.06. The maximum Gasteiger partial charge on any atom is 0.306 e. The standard InChI is InChI=1S/C18H33NO3/c1-12(2)13(11-14(20)22-8)15(21)19-10-9-18(6,7)16(19)17(3,4)5/h12-13,16H,9-11H2,1-8H3/t13-,16?/m0/s1. The number of esters is 1. The van der Waals surface area contributed by atoms with Gasteiger partial charge in [-0.1, -0.05) is 48.5 Å². The molecule has 1 amide bonds. The normalized spacial score (nSPS) is 22.8. The summed E-state index contributed by atoms with van der Waals surface area (Å²) in [6.45, 7) is 15.8. The van der Waals surface area contributed by atoms with Crippen LogP contribution in [0.3, 0.4) is 0 Å². The molecule has 4 nitrogen and oxygen atoms in total. The number of likely N-dealkylation sites (tertiary alicyclic amines) is 1. The van der Waals surface area contributed by atoms with Crippen molar-refractivity contribution in [3.8, 4) is 0 Å². The van der Waals surface area contributed by atoms with Crippen molar-refractivity contribution in [1.82, 2.24) is 4.90 Å². The summed E-state index contributed by atoms with van der Waals surface area (Å²) >= 11 is 0. The molecule has 2 atom stereocenters. The molecule has 128 valence electrons. The van der Waals surface area contributed by atoms with Crippen molar-refractivity contribution in [2.24, 2.45) is 22.7 Å². The molecule has 1 saturated heterocycles. The summed E-state index contributed by atoms with van der Waals surface area (Å²) < 4.78 is 4.77. The zero-order valence-electron chi connectivity index (χ0n) is 15.5. The van der Waals surface area contributed by atoms with Crippen LogP contribution in [0.2, 0.25) is 0 Å². The van der Waals surface area contributed by atoms with Crippen molar-refractivity contribution in [1.29, 1.82) is 0 Å². The number of hydrogen-bond donors (Lipinski definition) is 0. The van der Waals surface area contributed by atoms with E-state index in [0.29, 0.717) is 0 Å². The molecule has 1 aliphatic heterocycles. The largest absolute Gasteiger partial charge is 0.469 e. The van der Waals surface area contributed by atoms with Crippen LogP contribution in [0.25, 0.3) is 0 Å². The second-order valence-corrected chi connectivity index (χ2v) is 8.67. The second kappa shape index (κ2) is 6.59. The van der Waals surface area contributed by atoms with E-state index in [-0.39, 0.29) is 47.0 Å². The monoisotopic (exact) mass is 311 g/mol. The molecule has 1 rings (SSSR count). The quantitative estimate of drug-likeness (QED) is 0.747. The Labute approximate surface area is 135 Å². The lowest BCUT2D eigenvalue weighted by Gasteiger charge is -2.43. The van der Waals surface area contributed by atoms with E-state index in [1.54, 1.807) is 0 Å². The molecular weight excluding hydrogens is 278 g/mol. The van der Waals surface area contributed by atoms with Crippen molar-refractivity contribution in [3.05, 3.63) is 0 Å². The van der Waals surface area contributed by atoms with Gasteiger partial charge in [-0.15, -0.1) is 0 Å². The predicted molar refractivity (Wildman–Crippen MR) is 88.3 cm³/mol. The number of ether oxygens (including phenoxy) is 1. The van der Waals surface area contributed by atoms with Crippen LogP contribution >= 0.6 is 0 Å². The van der Waals surface area contributed by atoms with E-state index in [9.17, 15) is 9.59 Å². The summed E-state index contributed by atoms with van der Waals surface area (Å²) in [5.74, 6) is -0.383. The van der Waals surface area contributed by atoms with E-state index in [1.165, 1.54) is 7.11 Å². The molecule has 4 heteroatoms. The third kappa shape index (κ3) is 4.02. The zero-order valence-corrected chi connectivity index (χ0v) is 15.5. The highest BCUT2D eigenvalue weighted by Gasteiger charge is 2.49. The Morgan fingerprint density at radius 3 is 2.23 bits per heavy atom. The summed E-state index contributed by atoms with van der Waals surface area (Å²) in [4.78, 5) is 26.8. The Morgan fingerprint density at radius 1 is 1.27 bits per heavy atom. The summed E-state index contributed by atoms with van der Waals surface area (Å²) in [7, 11) is 1.38. The van der Waals surface area contributed by atoms with Crippen molar-refractivity contribution >= 4 is 11.9 Å². The van der Waals surface area contributed by atoms with Crippen molar-refractivity contribution in [3.63, 3.8) is 0 Å². The average molecular weight is 311 g/mol.